The molecule has 0 aliphatic carbocycles. The second-order valence-electron chi connectivity index (χ2n) is 2.26. The Hall–Kier alpha value is -1.26. The standard InChI is InChI=1S/C8H6O4.CH2Cl2/c9-7(10)5-3-1-2-4-6(5)8(11)12;2-1-3/h1-4H,(H,9,10)(H,11,12);1H2. The van der Waals surface area contributed by atoms with Gasteiger partial charge in [-0.25, -0.2) is 9.59 Å². The molecule has 4 nitrogen and oxygen atoms in total. The minimum Gasteiger partial charge on any atom is -0.478 e. The maximum atomic E-state index is 10.5. The highest BCUT2D eigenvalue weighted by molar-refractivity contribution is 6.40. The highest BCUT2D eigenvalue weighted by Crippen LogP contribution is 2.07. The summed E-state index contributed by atoms with van der Waals surface area (Å²) >= 11 is 9.53. The molecule has 0 radical (unpaired) electrons. The van der Waals surface area contributed by atoms with Crippen molar-refractivity contribution in [1.29, 1.82) is 0 Å². The van der Waals surface area contributed by atoms with Crippen LogP contribution in [0.15, 0.2) is 24.3 Å². The van der Waals surface area contributed by atoms with E-state index in [1.807, 2.05) is 0 Å². The van der Waals surface area contributed by atoms with Gasteiger partial charge in [-0.3, -0.25) is 0 Å². The summed E-state index contributed by atoms with van der Waals surface area (Å²) in [5, 5.41) is 17.3. The molecular formula is C9H8Cl2O4. The lowest BCUT2D eigenvalue weighted by molar-refractivity contribution is 0.0651. The summed E-state index contributed by atoms with van der Waals surface area (Å²) in [5.74, 6) is -2.46. The monoisotopic (exact) mass is 250 g/mol. The van der Waals surface area contributed by atoms with Crippen molar-refractivity contribution in [3.8, 4) is 0 Å². The van der Waals surface area contributed by atoms with Crippen molar-refractivity contribution in [3.63, 3.8) is 0 Å². The normalized spacial score (nSPS) is 8.67. The smallest absolute Gasteiger partial charge is 0.336 e. The molecule has 15 heavy (non-hydrogen) atoms. The second-order valence-corrected chi connectivity index (χ2v) is 3.07. The SMILES string of the molecule is ClCCl.O=C(O)c1ccccc1C(=O)O. The molecule has 0 saturated carbocycles. The van der Waals surface area contributed by atoms with Crippen molar-refractivity contribution in [2.24, 2.45) is 0 Å². The van der Waals surface area contributed by atoms with Gasteiger partial charge in [0.25, 0.3) is 0 Å². The molecule has 0 spiro atoms. The van der Waals surface area contributed by atoms with Crippen LogP contribution in [0.2, 0.25) is 0 Å². The Bertz CT molecular complexity index is 319. The Morgan fingerprint density at radius 1 is 1.00 bits per heavy atom. The quantitative estimate of drug-likeness (QED) is 0.792. The molecule has 1 rings (SSSR count). The number of hydrogen-bond donors (Lipinski definition) is 2. The average molecular weight is 251 g/mol. The highest BCUT2D eigenvalue weighted by atomic mass is 35.5. The first-order valence-corrected chi connectivity index (χ1v) is 4.79. The summed E-state index contributed by atoms with van der Waals surface area (Å²) in [6.45, 7) is 0. The number of hydrogen-bond acceptors (Lipinski definition) is 2. The van der Waals surface area contributed by atoms with Crippen molar-refractivity contribution < 1.29 is 19.8 Å². The summed E-state index contributed by atoms with van der Waals surface area (Å²) < 4.78 is 0. The third-order valence-electron chi connectivity index (χ3n) is 1.39. The predicted octanol–water partition coefficient (Wildman–Crippen LogP) is 2.50. The summed E-state index contributed by atoms with van der Waals surface area (Å²) in [7, 11) is 0. The lowest BCUT2D eigenvalue weighted by Gasteiger charge is -1.98. The first-order valence-electron chi connectivity index (χ1n) is 3.72. The summed E-state index contributed by atoms with van der Waals surface area (Å²) in [5.41, 5.74) is -0.380. The van der Waals surface area contributed by atoms with E-state index in [-0.39, 0.29) is 16.5 Å². The van der Waals surface area contributed by atoms with Gasteiger partial charge in [-0.2, -0.15) is 0 Å². The minimum absolute atomic E-state index is 0.190. The molecule has 0 amide bonds. The van der Waals surface area contributed by atoms with Gasteiger partial charge in [0.05, 0.1) is 16.5 Å². The molecule has 0 heterocycles. The van der Waals surface area contributed by atoms with Crippen LogP contribution in [0.4, 0.5) is 0 Å². The number of aromatic carboxylic acids is 2. The maximum Gasteiger partial charge on any atom is 0.336 e. The van der Waals surface area contributed by atoms with Gasteiger partial charge in [0.15, 0.2) is 0 Å². The Kier molecular flexibility index (Phi) is 6.49. The highest BCUT2D eigenvalue weighted by Gasteiger charge is 2.13. The van der Waals surface area contributed by atoms with Gasteiger partial charge < -0.3 is 10.2 Å². The third kappa shape index (κ3) is 4.67. The van der Waals surface area contributed by atoms with Crippen LogP contribution < -0.4 is 0 Å². The Morgan fingerprint density at radius 3 is 1.47 bits per heavy atom. The Morgan fingerprint density at radius 2 is 1.27 bits per heavy atom. The van der Waals surface area contributed by atoms with E-state index in [0.717, 1.165) is 0 Å². The van der Waals surface area contributed by atoms with Crippen LogP contribution in [0, 0.1) is 0 Å². The maximum absolute atomic E-state index is 10.5. The molecule has 0 saturated heterocycles. The Labute approximate surface area is 96.1 Å². The topological polar surface area (TPSA) is 74.6 Å². The number of alkyl halides is 2. The van der Waals surface area contributed by atoms with Crippen LogP contribution >= 0.6 is 23.2 Å². The van der Waals surface area contributed by atoms with E-state index < -0.39 is 11.9 Å². The molecule has 1 aromatic rings. The van der Waals surface area contributed by atoms with Crippen molar-refractivity contribution in [3.05, 3.63) is 35.4 Å². The zero-order valence-electron chi connectivity index (χ0n) is 7.48. The minimum atomic E-state index is -1.23. The van der Waals surface area contributed by atoms with E-state index >= 15 is 0 Å². The zero-order valence-corrected chi connectivity index (χ0v) is 9.00. The van der Waals surface area contributed by atoms with Crippen LogP contribution in [0.3, 0.4) is 0 Å². The number of halogens is 2. The molecule has 82 valence electrons. The fourth-order valence-corrected chi connectivity index (χ4v) is 0.856. The van der Waals surface area contributed by atoms with Gasteiger partial charge >= 0.3 is 11.9 Å². The van der Waals surface area contributed by atoms with E-state index in [0.29, 0.717) is 0 Å². The molecule has 2 N–H and O–H groups in total. The van der Waals surface area contributed by atoms with Crippen LogP contribution in [0.5, 0.6) is 0 Å². The number of carboxylic acid groups (broad SMARTS) is 2. The lowest BCUT2D eigenvalue weighted by Crippen LogP contribution is -2.06. The largest absolute Gasteiger partial charge is 0.478 e. The molecule has 0 atom stereocenters. The number of carbonyl (C=O) groups is 2. The first-order chi connectivity index (χ1) is 7.04. The lowest BCUT2D eigenvalue weighted by atomic mass is 10.1. The molecule has 6 heteroatoms. The van der Waals surface area contributed by atoms with E-state index in [1.165, 1.54) is 24.3 Å². The molecule has 0 fully saturated rings. The van der Waals surface area contributed by atoms with E-state index in [9.17, 15) is 9.59 Å². The third-order valence-corrected chi connectivity index (χ3v) is 1.39. The van der Waals surface area contributed by atoms with Gasteiger partial charge in [0.2, 0.25) is 0 Å². The fourth-order valence-electron chi connectivity index (χ4n) is 0.856. The summed E-state index contributed by atoms with van der Waals surface area (Å²) in [6.07, 6.45) is 0. The molecule has 0 unspecified atom stereocenters. The van der Waals surface area contributed by atoms with E-state index in [4.69, 9.17) is 33.4 Å². The van der Waals surface area contributed by atoms with E-state index in [1.54, 1.807) is 0 Å². The molecule has 0 aromatic heterocycles. The van der Waals surface area contributed by atoms with Crippen molar-refractivity contribution in [1.82, 2.24) is 0 Å². The van der Waals surface area contributed by atoms with Gasteiger partial charge in [-0.1, -0.05) is 12.1 Å². The van der Waals surface area contributed by atoms with Crippen LogP contribution in [0.1, 0.15) is 20.7 Å². The fraction of sp³-hybridized carbons (Fsp3) is 0.111. The number of rotatable bonds is 2. The second kappa shape index (κ2) is 7.09. The summed E-state index contributed by atoms with van der Waals surface area (Å²) in [6, 6.07) is 5.48. The molecule has 1 aromatic carbocycles. The van der Waals surface area contributed by atoms with Gasteiger partial charge in [-0.05, 0) is 12.1 Å². The van der Waals surface area contributed by atoms with Crippen molar-refractivity contribution in [2.75, 3.05) is 5.34 Å². The van der Waals surface area contributed by atoms with Crippen LogP contribution in [0.25, 0.3) is 0 Å². The summed E-state index contributed by atoms with van der Waals surface area (Å²) in [4.78, 5) is 20.9. The van der Waals surface area contributed by atoms with Crippen LogP contribution in [-0.4, -0.2) is 27.5 Å². The first kappa shape index (κ1) is 13.7. The molecule has 0 aliphatic heterocycles. The van der Waals surface area contributed by atoms with Crippen LogP contribution in [-0.2, 0) is 0 Å². The van der Waals surface area contributed by atoms with Crippen molar-refractivity contribution >= 4 is 35.1 Å². The zero-order chi connectivity index (χ0) is 11.8. The number of benzene rings is 1. The van der Waals surface area contributed by atoms with Gasteiger partial charge in [0, 0.05) is 0 Å². The number of carboxylic acids is 2. The van der Waals surface area contributed by atoms with E-state index in [2.05, 4.69) is 0 Å². The molecule has 0 bridgehead atoms. The predicted molar refractivity (Wildman–Crippen MR) is 56.9 cm³/mol. The Balaban J connectivity index is 0.000000583. The average Bonchev–Trinajstić information content (AvgIpc) is 2.19. The van der Waals surface area contributed by atoms with Gasteiger partial charge in [0.1, 0.15) is 0 Å². The molecular weight excluding hydrogens is 243 g/mol. The molecule has 0 aliphatic rings. The van der Waals surface area contributed by atoms with Gasteiger partial charge in [-0.15, -0.1) is 23.2 Å². The van der Waals surface area contributed by atoms with Crippen molar-refractivity contribution in [2.45, 2.75) is 0 Å².